The molecule has 0 aliphatic heterocycles. The smallest absolute Gasteiger partial charge is 0.233 e. The topological polar surface area (TPSA) is 64.3 Å². The Kier molecular flexibility index (Phi) is 6.87. The second kappa shape index (κ2) is 8.53. The fraction of sp³-hybridized carbons (Fsp3) is 0.500. The molecule has 0 fully saturated rings. The number of hydrazine groups is 1. The van der Waals surface area contributed by atoms with Crippen LogP contribution in [0.1, 0.15) is 38.2 Å². The molecule has 0 atom stereocenters. The zero-order valence-electron chi connectivity index (χ0n) is 10.9. The molecule has 0 heterocycles. The number of carbonyl (C=O) groups excluding carboxylic acids is 1. The summed E-state index contributed by atoms with van der Waals surface area (Å²) in [6, 6.07) is 8.19. The van der Waals surface area contributed by atoms with E-state index in [1.165, 1.54) is 5.56 Å². The average Bonchev–Trinajstić information content (AvgIpc) is 2.40. The highest BCUT2D eigenvalue weighted by Crippen LogP contribution is 2.13. The summed E-state index contributed by atoms with van der Waals surface area (Å²) in [5, 5.41) is 0. The van der Waals surface area contributed by atoms with Gasteiger partial charge in [-0.3, -0.25) is 10.2 Å². The second-order valence-corrected chi connectivity index (χ2v) is 4.27. The van der Waals surface area contributed by atoms with Gasteiger partial charge in [0.2, 0.25) is 5.91 Å². The first-order valence-electron chi connectivity index (χ1n) is 6.47. The monoisotopic (exact) mass is 250 g/mol. The van der Waals surface area contributed by atoms with Crippen molar-refractivity contribution in [2.45, 2.75) is 39.0 Å². The van der Waals surface area contributed by atoms with Crippen molar-refractivity contribution in [3.63, 3.8) is 0 Å². The number of ether oxygens (including phenoxy) is 1. The normalized spacial score (nSPS) is 10.1. The number of nitrogens with one attached hydrogen (secondary N) is 1. The molecule has 1 aromatic carbocycles. The Hall–Kier alpha value is -1.55. The molecule has 0 aliphatic rings. The Bertz CT molecular complexity index is 349. The highest BCUT2D eigenvalue weighted by atomic mass is 16.5. The summed E-state index contributed by atoms with van der Waals surface area (Å²) in [5.74, 6) is 5.75. The van der Waals surface area contributed by atoms with Gasteiger partial charge in [-0.2, -0.15) is 0 Å². The molecule has 0 bridgehead atoms. The summed E-state index contributed by atoms with van der Waals surface area (Å²) >= 11 is 0. The van der Waals surface area contributed by atoms with Crippen LogP contribution in [0, 0.1) is 0 Å². The largest absolute Gasteiger partial charge is 0.494 e. The van der Waals surface area contributed by atoms with Crippen molar-refractivity contribution in [2.75, 3.05) is 6.61 Å². The van der Waals surface area contributed by atoms with Gasteiger partial charge < -0.3 is 4.74 Å². The van der Waals surface area contributed by atoms with E-state index in [2.05, 4.69) is 24.5 Å². The molecule has 0 aromatic heterocycles. The van der Waals surface area contributed by atoms with Crippen LogP contribution in [0.3, 0.4) is 0 Å². The summed E-state index contributed by atoms with van der Waals surface area (Å²) in [6.45, 7) is 2.80. The molecule has 0 saturated heterocycles. The van der Waals surface area contributed by atoms with Crippen LogP contribution in [0.25, 0.3) is 0 Å². The zero-order chi connectivity index (χ0) is 13.2. The van der Waals surface area contributed by atoms with Gasteiger partial charge in [0, 0.05) is 6.42 Å². The molecule has 0 unspecified atom stereocenters. The lowest BCUT2D eigenvalue weighted by Crippen LogP contribution is -2.29. The molecule has 18 heavy (non-hydrogen) atoms. The number of nitrogens with two attached hydrogens (primary N) is 1. The van der Waals surface area contributed by atoms with Crippen LogP contribution in [-0.2, 0) is 11.2 Å². The third-order valence-corrected chi connectivity index (χ3v) is 2.69. The second-order valence-electron chi connectivity index (χ2n) is 4.27. The fourth-order valence-electron chi connectivity index (χ4n) is 1.69. The van der Waals surface area contributed by atoms with Crippen LogP contribution in [0.4, 0.5) is 0 Å². The summed E-state index contributed by atoms with van der Waals surface area (Å²) in [4.78, 5) is 10.9. The van der Waals surface area contributed by atoms with E-state index in [0.717, 1.165) is 31.4 Å². The van der Waals surface area contributed by atoms with Crippen LogP contribution in [0.2, 0.25) is 0 Å². The van der Waals surface area contributed by atoms with Crippen molar-refractivity contribution in [2.24, 2.45) is 5.84 Å². The van der Waals surface area contributed by atoms with E-state index in [9.17, 15) is 4.79 Å². The molecule has 100 valence electrons. The van der Waals surface area contributed by atoms with Gasteiger partial charge in [0.15, 0.2) is 0 Å². The first kappa shape index (κ1) is 14.5. The van der Waals surface area contributed by atoms with E-state index in [-0.39, 0.29) is 5.91 Å². The van der Waals surface area contributed by atoms with Crippen molar-refractivity contribution in [3.8, 4) is 5.75 Å². The predicted octanol–water partition coefficient (Wildman–Crippen LogP) is 2.18. The average molecular weight is 250 g/mol. The summed E-state index contributed by atoms with van der Waals surface area (Å²) in [7, 11) is 0. The molecular formula is C14H22N2O2. The summed E-state index contributed by atoms with van der Waals surface area (Å²) in [5.41, 5.74) is 3.45. The molecule has 1 amide bonds. The van der Waals surface area contributed by atoms with Gasteiger partial charge in [-0.05, 0) is 37.0 Å². The molecule has 0 radical (unpaired) electrons. The lowest BCUT2D eigenvalue weighted by molar-refractivity contribution is -0.121. The van der Waals surface area contributed by atoms with E-state index in [1.54, 1.807) is 0 Å². The number of carbonyl (C=O) groups is 1. The third kappa shape index (κ3) is 5.68. The van der Waals surface area contributed by atoms with Gasteiger partial charge >= 0.3 is 0 Å². The highest BCUT2D eigenvalue weighted by Gasteiger charge is 1.99. The van der Waals surface area contributed by atoms with Crippen molar-refractivity contribution < 1.29 is 9.53 Å². The number of hydrogen-bond acceptors (Lipinski definition) is 3. The van der Waals surface area contributed by atoms with Crippen molar-refractivity contribution in [1.82, 2.24) is 5.43 Å². The van der Waals surface area contributed by atoms with Gasteiger partial charge in [-0.15, -0.1) is 0 Å². The van der Waals surface area contributed by atoms with Crippen LogP contribution in [0.5, 0.6) is 5.75 Å². The van der Waals surface area contributed by atoms with Crippen molar-refractivity contribution in [3.05, 3.63) is 29.8 Å². The van der Waals surface area contributed by atoms with Crippen molar-refractivity contribution >= 4 is 5.91 Å². The first-order valence-corrected chi connectivity index (χ1v) is 6.47. The minimum Gasteiger partial charge on any atom is -0.494 e. The van der Waals surface area contributed by atoms with Crippen molar-refractivity contribution in [1.29, 1.82) is 0 Å². The van der Waals surface area contributed by atoms with E-state index in [0.29, 0.717) is 13.0 Å². The number of aryl methyl sites for hydroxylation is 1. The highest BCUT2D eigenvalue weighted by molar-refractivity contribution is 5.75. The van der Waals surface area contributed by atoms with Gasteiger partial charge in [0.05, 0.1) is 6.61 Å². The van der Waals surface area contributed by atoms with Gasteiger partial charge in [0.25, 0.3) is 0 Å². The fourth-order valence-corrected chi connectivity index (χ4v) is 1.69. The maximum atomic E-state index is 10.9. The minimum absolute atomic E-state index is 0.126. The zero-order valence-corrected chi connectivity index (χ0v) is 10.9. The third-order valence-electron chi connectivity index (χ3n) is 2.69. The van der Waals surface area contributed by atoms with Gasteiger partial charge in [-0.1, -0.05) is 25.5 Å². The SMILES string of the molecule is CCCc1ccc(OCCCCC(=O)NN)cc1. The molecule has 1 rings (SSSR count). The lowest BCUT2D eigenvalue weighted by atomic mass is 10.1. The molecule has 3 N–H and O–H groups in total. The Labute approximate surface area is 108 Å². The lowest BCUT2D eigenvalue weighted by Gasteiger charge is -2.06. The number of rotatable bonds is 8. The molecule has 0 aliphatic carbocycles. The molecule has 4 nitrogen and oxygen atoms in total. The predicted molar refractivity (Wildman–Crippen MR) is 72.1 cm³/mol. The first-order chi connectivity index (χ1) is 8.76. The van der Waals surface area contributed by atoms with Gasteiger partial charge in [-0.25, -0.2) is 5.84 Å². The molecule has 1 aromatic rings. The van der Waals surface area contributed by atoms with E-state index in [1.807, 2.05) is 12.1 Å². The molecular weight excluding hydrogens is 228 g/mol. The van der Waals surface area contributed by atoms with E-state index >= 15 is 0 Å². The Balaban J connectivity index is 2.17. The Morgan fingerprint density at radius 2 is 2.00 bits per heavy atom. The quantitative estimate of drug-likeness (QED) is 0.322. The molecule has 0 saturated carbocycles. The summed E-state index contributed by atoms with van der Waals surface area (Å²) in [6.07, 6.45) is 4.36. The molecule has 0 spiro atoms. The Morgan fingerprint density at radius 3 is 2.61 bits per heavy atom. The Morgan fingerprint density at radius 1 is 1.28 bits per heavy atom. The van der Waals surface area contributed by atoms with E-state index in [4.69, 9.17) is 10.6 Å². The van der Waals surface area contributed by atoms with Crippen LogP contribution < -0.4 is 16.0 Å². The maximum Gasteiger partial charge on any atom is 0.233 e. The molecule has 4 heteroatoms. The standard InChI is InChI=1S/C14H22N2O2/c1-2-5-12-7-9-13(10-8-12)18-11-4-3-6-14(17)16-15/h7-10H,2-6,11,15H2,1H3,(H,16,17). The number of unbranched alkanes of at least 4 members (excludes halogenated alkanes) is 1. The van der Waals surface area contributed by atoms with Crippen LogP contribution >= 0.6 is 0 Å². The van der Waals surface area contributed by atoms with Crippen LogP contribution in [-0.4, -0.2) is 12.5 Å². The van der Waals surface area contributed by atoms with Gasteiger partial charge in [0.1, 0.15) is 5.75 Å². The number of amides is 1. The minimum atomic E-state index is -0.126. The number of hydrogen-bond donors (Lipinski definition) is 2. The van der Waals surface area contributed by atoms with Crippen LogP contribution in [0.15, 0.2) is 24.3 Å². The van der Waals surface area contributed by atoms with E-state index < -0.39 is 0 Å². The maximum absolute atomic E-state index is 10.9. The number of benzene rings is 1. The summed E-state index contributed by atoms with van der Waals surface area (Å²) < 4.78 is 5.59.